The maximum absolute atomic E-state index is 12.6. The predicted octanol–water partition coefficient (Wildman–Crippen LogP) is 4.84. The molecule has 152 valence electrons. The van der Waals surface area contributed by atoms with Gasteiger partial charge < -0.3 is 19.5 Å². The van der Waals surface area contributed by atoms with E-state index in [-0.39, 0.29) is 5.91 Å². The van der Waals surface area contributed by atoms with Gasteiger partial charge in [0.05, 0.1) is 25.9 Å². The average molecular weight is 386 g/mol. The fourth-order valence-corrected chi connectivity index (χ4v) is 2.62. The zero-order valence-electron chi connectivity index (χ0n) is 17.3. The third-order valence-electron chi connectivity index (χ3n) is 4.23. The summed E-state index contributed by atoms with van der Waals surface area (Å²) in [5, 5.41) is 2.95. The van der Waals surface area contributed by atoms with Crippen LogP contribution in [0.3, 0.4) is 0 Å². The maximum atomic E-state index is 12.6. The van der Waals surface area contributed by atoms with E-state index in [1.807, 2.05) is 43.3 Å². The number of carbonyl (C=O) groups excluding carboxylic acids is 1. The molecule has 0 saturated carbocycles. The standard InChI is InChI=1S/C23H31NO4/c1-5-13-27-20-9-7-6-8-19(20)23(25)24-16-18-10-11-21(22(15-18)26-4)28-14-12-17(2)3/h6-11,15,17H,5,12-14,16H2,1-4H3,(H,24,25). The van der Waals surface area contributed by atoms with Gasteiger partial charge in [0.25, 0.3) is 5.91 Å². The number of ether oxygens (including phenoxy) is 3. The average Bonchev–Trinajstić information content (AvgIpc) is 2.71. The van der Waals surface area contributed by atoms with Crippen LogP contribution in [-0.2, 0) is 6.54 Å². The third-order valence-corrected chi connectivity index (χ3v) is 4.23. The van der Waals surface area contributed by atoms with Crippen LogP contribution in [0.2, 0.25) is 0 Å². The summed E-state index contributed by atoms with van der Waals surface area (Å²) < 4.78 is 16.9. The van der Waals surface area contributed by atoms with Gasteiger partial charge in [-0.1, -0.05) is 39.0 Å². The van der Waals surface area contributed by atoms with Crippen LogP contribution in [0.25, 0.3) is 0 Å². The molecule has 2 aromatic rings. The summed E-state index contributed by atoms with van der Waals surface area (Å²) in [6, 6.07) is 13.0. The van der Waals surface area contributed by atoms with Crippen molar-refractivity contribution in [3.05, 3.63) is 53.6 Å². The number of carbonyl (C=O) groups is 1. The van der Waals surface area contributed by atoms with Crippen LogP contribution in [-0.4, -0.2) is 26.2 Å². The maximum Gasteiger partial charge on any atom is 0.255 e. The number of amides is 1. The molecule has 0 spiro atoms. The van der Waals surface area contributed by atoms with E-state index >= 15 is 0 Å². The van der Waals surface area contributed by atoms with Gasteiger partial charge in [0.15, 0.2) is 11.5 Å². The number of hydrogen-bond donors (Lipinski definition) is 1. The molecule has 2 aromatic carbocycles. The Morgan fingerprint density at radius 1 is 1.00 bits per heavy atom. The predicted molar refractivity (Wildman–Crippen MR) is 111 cm³/mol. The van der Waals surface area contributed by atoms with Crippen molar-refractivity contribution in [3.63, 3.8) is 0 Å². The fraction of sp³-hybridized carbons (Fsp3) is 0.435. The highest BCUT2D eigenvalue weighted by Crippen LogP contribution is 2.28. The van der Waals surface area contributed by atoms with Crippen molar-refractivity contribution >= 4 is 5.91 Å². The largest absolute Gasteiger partial charge is 0.493 e. The lowest BCUT2D eigenvalue weighted by atomic mass is 10.1. The van der Waals surface area contributed by atoms with Crippen molar-refractivity contribution < 1.29 is 19.0 Å². The molecule has 0 aliphatic heterocycles. The first-order chi connectivity index (χ1) is 13.5. The van der Waals surface area contributed by atoms with E-state index in [0.29, 0.717) is 42.7 Å². The molecule has 0 aliphatic rings. The van der Waals surface area contributed by atoms with Crippen LogP contribution in [0.1, 0.15) is 49.5 Å². The van der Waals surface area contributed by atoms with Gasteiger partial charge in [0, 0.05) is 6.54 Å². The Bertz CT molecular complexity index is 758. The lowest BCUT2D eigenvalue weighted by molar-refractivity contribution is 0.0946. The van der Waals surface area contributed by atoms with E-state index in [0.717, 1.165) is 24.2 Å². The smallest absolute Gasteiger partial charge is 0.255 e. The minimum atomic E-state index is -0.164. The summed E-state index contributed by atoms with van der Waals surface area (Å²) in [6.45, 7) is 7.99. The van der Waals surface area contributed by atoms with Gasteiger partial charge in [-0.2, -0.15) is 0 Å². The summed E-state index contributed by atoms with van der Waals surface area (Å²) >= 11 is 0. The zero-order chi connectivity index (χ0) is 20.4. The Morgan fingerprint density at radius 2 is 1.75 bits per heavy atom. The van der Waals surface area contributed by atoms with E-state index in [9.17, 15) is 4.79 Å². The molecule has 2 rings (SSSR count). The molecule has 0 radical (unpaired) electrons. The van der Waals surface area contributed by atoms with Gasteiger partial charge in [-0.25, -0.2) is 0 Å². The van der Waals surface area contributed by atoms with Gasteiger partial charge in [-0.15, -0.1) is 0 Å². The van der Waals surface area contributed by atoms with Crippen LogP contribution in [0.15, 0.2) is 42.5 Å². The minimum Gasteiger partial charge on any atom is -0.493 e. The molecule has 0 atom stereocenters. The van der Waals surface area contributed by atoms with Gasteiger partial charge in [0.2, 0.25) is 0 Å². The van der Waals surface area contributed by atoms with Crippen molar-refractivity contribution in [3.8, 4) is 17.2 Å². The van der Waals surface area contributed by atoms with Crippen molar-refractivity contribution in [2.45, 2.75) is 40.2 Å². The second-order valence-electron chi connectivity index (χ2n) is 7.04. The molecule has 0 bridgehead atoms. The summed E-state index contributed by atoms with van der Waals surface area (Å²) in [7, 11) is 1.62. The minimum absolute atomic E-state index is 0.164. The van der Waals surface area contributed by atoms with Crippen LogP contribution >= 0.6 is 0 Å². The monoisotopic (exact) mass is 385 g/mol. The zero-order valence-corrected chi connectivity index (χ0v) is 17.3. The molecular formula is C23H31NO4. The summed E-state index contributed by atoms with van der Waals surface area (Å²) in [6.07, 6.45) is 1.88. The van der Waals surface area contributed by atoms with E-state index in [2.05, 4.69) is 19.2 Å². The van der Waals surface area contributed by atoms with Crippen molar-refractivity contribution in [1.82, 2.24) is 5.32 Å². The highest BCUT2D eigenvalue weighted by Gasteiger charge is 2.12. The summed E-state index contributed by atoms with van der Waals surface area (Å²) in [5.41, 5.74) is 1.48. The van der Waals surface area contributed by atoms with Crippen LogP contribution in [0.4, 0.5) is 0 Å². The Hall–Kier alpha value is -2.69. The Kier molecular flexibility index (Phi) is 8.66. The highest BCUT2D eigenvalue weighted by atomic mass is 16.5. The first-order valence-electron chi connectivity index (χ1n) is 9.84. The Balaban J connectivity index is 1.99. The molecule has 0 unspecified atom stereocenters. The molecule has 1 amide bonds. The molecule has 0 aromatic heterocycles. The van der Waals surface area contributed by atoms with Crippen LogP contribution < -0.4 is 19.5 Å². The van der Waals surface area contributed by atoms with Gasteiger partial charge in [0.1, 0.15) is 5.75 Å². The lowest BCUT2D eigenvalue weighted by Crippen LogP contribution is -2.23. The van der Waals surface area contributed by atoms with Gasteiger partial charge in [-0.05, 0) is 48.6 Å². The Morgan fingerprint density at radius 3 is 2.46 bits per heavy atom. The molecule has 1 N–H and O–H groups in total. The lowest BCUT2D eigenvalue weighted by Gasteiger charge is -2.14. The van der Waals surface area contributed by atoms with Crippen molar-refractivity contribution in [2.75, 3.05) is 20.3 Å². The number of nitrogens with one attached hydrogen (secondary N) is 1. The first kappa shape index (κ1) is 21.6. The van der Waals surface area contributed by atoms with E-state index in [4.69, 9.17) is 14.2 Å². The number of benzene rings is 2. The topological polar surface area (TPSA) is 56.8 Å². The number of hydrogen-bond acceptors (Lipinski definition) is 4. The normalized spacial score (nSPS) is 10.6. The summed E-state index contributed by atoms with van der Waals surface area (Å²) in [4.78, 5) is 12.6. The number of methoxy groups -OCH3 is 1. The van der Waals surface area contributed by atoms with Crippen LogP contribution in [0, 0.1) is 5.92 Å². The fourth-order valence-electron chi connectivity index (χ4n) is 2.62. The molecule has 0 heterocycles. The van der Waals surface area contributed by atoms with Gasteiger partial charge in [-0.3, -0.25) is 4.79 Å². The second-order valence-corrected chi connectivity index (χ2v) is 7.04. The number of para-hydroxylation sites is 1. The third kappa shape index (κ3) is 6.48. The van der Waals surface area contributed by atoms with Crippen molar-refractivity contribution in [2.24, 2.45) is 5.92 Å². The van der Waals surface area contributed by atoms with E-state index in [1.165, 1.54) is 0 Å². The molecule has 5 nitrogen and oxygen atoms in total. The molecular weight excluding hydrogens is 354 g/mol. The molecule has 0 aliphatic carbocycles. The molecule has 0 saturated heterocycles. The van der Waals surface area contributed by atoms with Crippen LogP contribution in [0.5, 0.6) is 17.2 Å². The van der Waals surface area contributed by atoms with E-state index in [1.54, 1.807) is 13.2 Å². The van der Waals surface area contributed by atoms with Crippen molar-refractivity contribution in [1.29, 1.82) is 0 Å². The second kappa shape index (κ2) is 11.2. The Labute approximate surface area is 168 Å². The molecule has 5 heteroatoms. The first-order valence-corrected chi connectivity index (χ1v) is 9.84. The summed E-state index contributed by atoms with van der Waals surface area (Å²) in [5.74, 6) is 2.42. The van der Waals surface area contributed by atoms with E-state index < -0.39 is 0 Å². The molecule has 0 fully saturated rings. The SMILES string of the molecule is CCCOc1ccccc1C(=O)NCc1ccc(OCCC(C)C)c(OC)c1. The quantitative estimate of drug-likeness (QED) is 0.601. The number of rotatable bonds is 11. The van der Waals surface area contributed by atoms with Gasteiger partial charge >= 0.3 is 0 Å². The highest BCUT2D eigenvalue weighted by molar-refractivity contribution is 5.96. The molecule has 28 heavy (non-hydrogen) atoms.